The average molecular weight is 315 g/mol. The van der Waals surface area contributed by atoms with E-state index in [0.717, 1.165) is 19.6 Å². The Hall–Kier alpha value is -1.84. The first-order chi connectivity index (χ1) is 10.7. The first kappa shape index (κ1) is 15.1. The van der Waals surface area contributed by atoms with Crippen LogP contribution in [0.25, 0.3) is 0 Å². The molecule has 0 spiro atoms. The molecular weight excluding hydrogens is 296 g/mol. The number of benzene rings is 2. The Bertz CT molecular complexity index is 617. The third kappa shape index (κ3) is 3.67. The lowest BCUT2D eigenvalue weighted by Crippen LogP contribution is -2.41. The van der Waals surface area contributed by atoms with Crippen LogP contribution in [-0.2, 0) is 6.54 Å². The van der Waals surface area contributed by atoms with E-state index in [4.69, 9.17) is 11.6 Å². The minimum atomic E-state index is -0.0589. The number of carbonyl (C=O) groups is 1. The van der Waals surface area contributed by atoms with Gasteiger partial charge in [-0.15, -0.1) is 11.6 Å². The van der Waals surface area contributed by atoms with Crippen molar-refractivity contribution < 1.29 is 4.79 Å². The fourth-order valence-corrected chi connectivity index (χ4v) is 3.13. The monoisotopic (exact) mass is 314 g/mol. The Morgan fingerprint density at radius 2 is 1.68 bits per heavy atom. The normalized spacial score (nSPS) is 21.7. The number of alkyl halides is 1. The van der Waals surface area contributed by atoms with E-state index in [0.29, 0.717) is 5.56 Å². The minimum absolute atomic E-state index is 0.0157. The molecule has 114 valence electrons. The molecule has 0 aromatic heterocycles. The van der Waals surface area contributed by atoms with E-state index in [-0.39, 0.29) is 17.3 Å². The number of carbonyl (C=O) groups excluding carboxylic acids is 1. The fraction of sp³-hybridized carbons (Fsp3) is 0.278. The van der Waals surface area contributed by atoms with Gasteiger partial charge in [-0.25, -0.2) is 0 Å². The zero-order valence-corrected chi connectivity index (χ0v) is 13.0. The maximum atomic E-state index is 12.2. The van der Waals surface area contributed by atoms with E-state index < -0.39 is 0 Å². The van der Waals surface area contributed by atoms with Gasteiger partial charge in [0.25, 0.3) is 5.91 Å². The predicted octanol–water partition coefficient (Wildman–Crippen LogP) is 2.91. The molecule has 2 atom stereocenters. The number of likely N-dealkylation sites (tertiary alicyclic amines) is 1. The third-order valence-corrected chi connectivity index (χ3v) is 4.37. The predicted molar refractivity (Wildman–Crippen MR) is 89.1 cm³/mol. The maximum absolute atomic E-state index is 12.2. The highest BCUT2D eigenvalue weighted by Gasteiger charge is 2.32. The first-order valence-electron chi connectivity index (χ1n) is 7.48. The topological polar surface area (TPSA) is 32.3 Å². The summed E-state index contributed by atoms with van der Waals surface area (Å²) in [6, 6.07) is 19.6. The van der Waals surface area contributed by atoms with E-state index in [9.17, 15) is 4.79 Å². The van der Waals surface area contributed by atoms with Crippen LogP contribution in [0.4, 0.5) is 0 Å². The van der Waals surface area contributed by atoms with Gasteiger partial charge >= 0.3 is 0 Å². The Labute approximate surface area is 135 Å². The highest BCUT2D eigenvalue weighted by atomic mass is 35.5. The molecule has 1 heterocycles. The molecule has 1 aliphatic rings. The van der Waals surface area contributed by atoms with Gasteiger partial charge in [-0.2, -0.15) is 0 Å². The molecule has 3 nitrogen and oxygen atoms in total. The molecule has 0 aliphatic carbocycles. The molecule has 0 saturated carbocycles. The van der Waals surface area contributed by atoms with Crippen molar-refractivity contribution in [2.24, 2.45) is 0 Å². The third-order valence-electron chi connectivity index (χ3n) is 3.93. The summed E-state index contributed by atoms with van der Waals surface area (Å²) in [5.74, 6) is -0.0576. The smallest absolute Gasteiger partial charge is 0.251 e. The SMILES string of the molecule is O=C(N[C@H]1CN(Cc2ccccc2)C[C@@H]1Cl)c1ccccc1. The molecule has 2 aromatic rings. The molecule has 0 radical (unpaired) electrons. The van der Waals surface area contributed by atoms with E-state index in [1.165, 1.54) is 5.56 Å². The van der Waals surface area contributed by atoms with E-state index in [1.54, 1.807) is 0 Å². The van der Waals surface area contributed by atoms with Gasteiger partial charge in [0.2, 0.25) is 0 Å². The zero-order chi connectivity index (χ0) is 15.4. The van der Waals surface area contributed by atoms with Crippen molar-refractivity contribution in [3.63, 3.8) is 0 Å². The van der Waals surface area contributed by atoms with Crippen LogP contribution in [-0.4, -0.2) is 35.3 Å². The fourth-order valence-electron chi connectivity index (χ4n) is 2.79. The second-order valence-corrected chi connectivity index (χ2v) is 6.20. The number of nitrogens with one attached hydrogen (secondary N) is 1. The van der Waals surface area contributed by atoms with Crippen LogP contribution in [0, 0.1) is 0 Å². The van der Waals surface area contributed by atoms with Crippen molar-refractivity contribution in [3.8, 4) is 0 Å². The standard InChI is InChI=1S/C18H19ClN2O/c19-16-12-21(11-14-7-3-1-4-8-14)13-17(16)20-18(22)15-9-5-2-6-10-15/h1-10,16-17H,11-13H2,(H,20,22)/t16-,17-/m0/s1. The number of rotatable bonds is 4. The van der Waals surface area contributed by atoms with E-state index >= 15 is 0 Å². The van der Waals surface area contributed by atoms with Gasteiger partial charge in [0, 0.05) is 25.2 Å². The lowest BCUT2D eigenvalue weighted by molar-refractivity contribution is 0.0938. The van der Waals surface area contributed by atoms with Crippen molar-refractivity contribution >= 4 is 17.5 Å². The summed E-state index contributed by atoms with van der Waals surface area (Å²) in [6.07, 6.45) is 0. The molecule has 1 saturated heterocycles. The lowest BCUT2D eigenvalue weighted by Gasteiger charge is -2.17. The van der Waals surface area contributed by atoms with Gasteiger partial charge in [0.1, 0.15) is 0 Å². The number of halogens is 1. The highest BCUT2D eigenvalue weighted by Crippen LogP contribution is 2.19. The molecule has 2 aromatic carbocycles. The van der Waals surface area contributed by atoms with E-state index in [2.05, 4.69) is 22.3 Å². The lowest BCUT2D eigenvalue weighted by atomic mass is 10.2. The van der Waals surface area contributed by atoms with Gasteiger partial charge < -0.3 is 5.32 Å². The van der Waals surface area contributed by atoms with Crippen LogP contribution >= 0.6 is 11.6 Å². The number of nitrogens with zero attached hydrogens (tertiary/aromatic N) is 1. The number of hydrogen-bond acceptors (Lipinski definition) is 2. The van der Waals surface area contributed by atoms with Gasteiger partial charge in [-0.3, -0.25) is 9.69 Å². The molecule has 22 heavy (non-hydrogen) atoms. The molecule has 0 bridgehead atoms. The first-order valence-corrected chi connectivity index (χ1v) is 7.92. The van der Waals surface area contributed by atoms with Gasteiger partial charge in [-0.1, -0.05) is 48.5 Å². The second kappa shape index (κ2) is 6.95. The number of hydrogen-bond donors (Lipinski definition) is 1. The molecule has 1 aliphatic heterocycles. The van der Waals surface area contributed by atoms with Crippen LogP contribution in [0.15, 0.2) is 60.7 Å². The molecule has 3 rings (SSSR count). The molecule has 4 heteroatoms. The minimum Gasteiger partial charge on any atom is -0.346 e. The average Bonchev–Trinajstić information content (AvgIpc) is 2.88. The van der Waals surface area contributed by atoms with Crippen molar-refractivity contribution in [1.82, 2.24) is 10.2 Å². The van der Waals surface area contributed by atoms with Crippen molar-refractivity contribution in [3.05, 3.63) is 71.8 Å². The van der Waals surface area contributed by atoms with Crippen molar-refractivity contribution in [2.75, 3.05) is 13.1 Å². The number of amides is 1. The zero-order valence-electron chi connectivity index (χ0n) is 12.3. The summed E-state index contributed by atoms with van der Waals surface area (Å²) >= 11 is 6.41. The molecule has 0 unspecified atom stereocenters. The molecular formula is C18H19ClN2O. The summed E-state index contributed by atoms with van der Waals surface area (Å²) in [5.41, 5.74) is 1.94. The van der Waals surface area contributed by atoms with Crippen molar-refractivity contribution in [2.45, 2.75) is 18.0 Å². The summed E-state index contributed by atoms with van der Waals surface area (Å²) < 4.78 is 0. The Morgan fingerprint density at radius 1 is 1.05 bits per heavy atom. The van der Waals surface area contributed by atoms with Crippen LogP contribution < -0.4 is 5.32 Å². The molecule has 1 N–H and O–H groups in total. The Balaban J connectivity index is 1.58. The second-order valence-electron chi connectivity index (χ2n) is 5.64. The van der Waals surface area contributed by atoms with Crippen molar-refractivity contribution in [1.29, 1.82) is 0 Å². The summed E-state index contributed by atoms with van der Waals surface area (Å²) in [7, 11) is 0. The molecule has 1 fully saturated rings. The summed E-state index contributed by atoms with van der Waals surface area (Å²) in [4.78, 5) is 14.5. The largest absolute Gasteiger partial charge is 0.346 e. The van der Waals surface area contributed by atoms with Gasteiger partial charge in [0.15, 0.2) is 0 Å². The summed E-state index contributed by atoms with van der Waals surface area (Å²) in [6.45, 7) is 2.43. The van der Waals surface area contributed by atoms with Crippen LogP contribution in [0.3, 0.4) is 0 Å². The van der Waals surface area contributed by atoms with Gasteiger partial charge in [-0.05, 0) is 17.7 Å². The van der Waals surface area contributed by atoms with Crippen LogP contribution in [0.5, 0.6) is 0 Å². The Kier molecular flexibility index (Phi) is 4.76. The van der Waals surface area contributed by atoms with Gasteiger partial charge in [0.05, 0.1) is 11.4 Å². The quantitative estimate of drug-likeness (QED) is 0.880. The van der Waals surface area contributed by atoms with Crippen LogP contribution in [0.1, 0.15) is 15.9 Å². The molecule has 1 amide bonds. The van der Waals surface area contributed by atoms with Crippen LogP contribution in [0.2, 0.25) is 0 Å². The maximum Gasteiger partial charge on any atom is 0.251 e. The summed E-state index contributed by atoms with van der Waals surface area (Å²) in [5, 5.41) is 2.99. The Morgan fingerprint density at radius 3 is 2.36 bits per heavy atom. The van der Waals surface area contributed by atoms with E-state index in [1.807, 2.05) is 48.5 Å². The highest BCUT2D eigenvalue weighted by molar-refractivity contribution is 6.21.